The number of benzene rings is 1. The van der Waals surface area contributed by atoms with Crippen molar-refractivity contribution in [1.29, 1.82) is 0 Å². The van der Waals surface area contributed by atoms with Crippen LogP contribution in [0.2, 0.25) is 10.0 Å². The topological polar surface area (TPSA) is 12.0 Å². The summed E-state index contributed by atoms with van der Waals surface area (Å²) in [6, 6.07) is 6.23. The van der Waals surface area contributed by atoms with Gasteiger partial charge in [0.2, 0.25) is 0 Å². The molecule has 18 heavy (non-hydrogen) atoms. The highest BCUT2D eigenvalue weighted by Gasteiger charge is 2.11. The second-order valence-electron chi connectivity index (χ2n) is 4.27. The Bertz CT molecular complexity index is 358. The summed E-state index contributed by atoms with van der Waals surface area (Å²) in [6.07, 6.45) is 2.19. The Morgan fingerprint density at radius 2 is 2.06 bits per heavy atom. The average Bonchev–Trinajstić information content (AvgIpc) is 2.33. The third-order valence-corrected chi connectivity index (χ3v) is 4.56. The van der Waals surface area contributed by atoms with E-state index in [1.54, 1.807) is 0 Å². The zero-order valence-electron chi connectivity index (χ0n) is 11.0. The van der Waals surface area contributed by atoms with Crippen molar-refractivity contribution in [3.63, 3.8) is 0 Å². The molecule has 1 unspecified atom stereocenters. The molecule has 1 aromatic carbocycles. The Balaban J connectivity index is 2.58. The minimum atomic E-state index is 0.477. The SMILES string of the molecule is CCCSCC(Cc1ccc(Cl)cc1Cl)NCC. The van der Waals surface area contributed by atoms with Crippen molar-refractivity contribution in [2.24, 2.45) is 0 Å². The Kier molecular flexibility index (Phi) is 8.16. The summed E-state index contributed by atoms with van der Waals surface area (Å²) >= 11 is 14.1. The van der Waals surface area contributed by atoms with E-state index in [0.717, 1.165) is 23.7 Å². The molecule has 0 spiro atoms. The number of rotatable bonds is 8. The zero-order valence-corrected chi connectivity index (χ0v) is 13.3. The van der Waals surface area contributed by atoms with E-state index in [-0.39, 0.29) is 0 Å². The van der Waals surface area contributed by atoms with E-state index in [0.29, 0.717) is 11.1 Å². The van der Waals surface area contributed by atoms with Gasteiger partial charge in [0, 0.05) is 21.8 Å². The lowest BCUT2D eigenvalue weighted by atomic mass is 10.1. The van der Waals surface area contributed by atoms with Crippen LogP contribution in [-0.4, -0.2) is 24.1 Å². The summed E-state index contributed by atoms with van der Waals surface area (Å²) in [6.45, 7) is 5.34. The first-order valence-electron chi connectivity index (χ1n) is 6.42. The normalized spacial score (nSPS) is 12.7. The van der Waals surface area contributed by atoms with E-state index < -0.39 is 0 Å². The lowest BCUT2D eigenvalue weighted by Gasteiger charge is -2.18. The smallest absolute Gasteiger partial charge is 0.0453 e. The van der Waals surface area contributed by atoms with E-state index in [4.69, 9.17) is 23.2 Å². The number of halogens is 2. The molecular formula is C14H21Cl2NS. The van der Waals surface area contributed by atoms with Crippen molar-refractivity contribution in [1.82, 2.24) is 5.32 Å². The van der Waals surface area contributed by atoms with Crippen molar-refractivity contribution >= 4 is 35.0 Å². The fourth-order valence-corrected chi connectivity index (χ4v) is 3.26. The van der Waals surface area contributed by atoms with Gasteiger partial charge < -0.3 is 5.32 Å². The van der Waals surface area contributed by atoms with E-state index in [1.165, 1.54) is 17.7 Å². The summed E-state index contributed by atoms with van der Waals surface area (Å²) in [5.74, 6) is 2.34. The molecule has 0 fully saturated rings. The van der Waals surface area contributed by atoms with Gasteiger partial charge in [-0.25, -0.2) is 0 Å². The molecule has 1 atom stereocenters. The quantitative estimate of drug-likeness (QED) is 0.701. The van der Waals surface area contributed by atoms with Crippen LogP contribution < -0.4 is 5.32 Å². The standard InChI is InChI=1S/C14H21Cl2NS/c1-3-7-18-10-13(17-4-2)8-11-5-6-12(15)9-14(11)16/h5-6,9,13,17H,3-4,7-8,10H2,1-2H3. The van der Waals surface area contributed by atoms with Crippen LogP contribution in [0.3, 0.4) is 0 Å². The molecular weight excluding hydrogens is 285 g/mol. The maximum Gasteiger partial charge on any atom is 0.0453 e. The summed E-state index contributed by atoms with van der Waals surface area (Å²) in [7, 11) is 0. The molecule has 0 radical (unpaired) electrons. The van der Waals surface area contributed by atoms with Gasteiger partial charge in [0.1, 0.15) is 0 Å². The van der Waals surface area contributed by atoms with Crippen molar-refractivity contribution in [2.45, 2.75) is 32.7 Å². The molecule has 4 heteroatoms. The van der Waals surface area contributed by atoms with Gasteiger partial charge in [-0.15, -0.1) is 0 Å². The maximum atomic E-state index is 6.22. The van der Waals surface area contributed by atoms with Crippen molar-refractivity contribution in [3.05, 3.63) is 33.8 Å². The van der Waals surface area contributed by atoms with Crippen LogP contribution >= 0.6 is 35.0 Å². The van der Waals surface area contributed by atoms with Crippen LogP contribution in [0.15, 0.2) is 18.2 Å². The van der Waals surface area contributed by atoms with Crippen LogP contribution in [0, 0.1) is 0 Å². The molecule has 0 aliphatic rings. The molecule has 0 saturated heterocycles. The molecule has 0 heterocycles. The van der Waals surface area contributed by atoms with Gasteiger partial charge in [-0.1, -0.05) is 43.1 Å². The van der Waals surface area contributed by atoms with Gasteiger partial charge in [-0.05, 0) is 42.8 Å². The Morgan fingerprint density at radius 3 is 2.67 bits per heavy atom. The molecule has 102 valence electrons. The average molecular weight is 306 g/mol. The first-order chi connectivity index (χ1) is 8.67. The highest BCUT2D eigenvalue weighted by molar-refractivity contribution is 7.99. The van der Waals surface area contributed by atoms with E-state index in [2.05, 4.69) is 19.2 Å². The zero-order chi connectivity index (χ0) is 13.4. The van der Waals surface area contributed by atoms with Crippen molar-refractivity contribution < 1.29 is 0 Å². The first-order valence-corrected chi connectivity index (χ1v) is 8.33. The van der Waals surface area contributed by atoms with E-state index in [9.17, 15) is 0 Å². The fourth-order valence-electron chi connectivity index (χ4n) is 1.80. The Morgan fingerprint density at radius 1 is 1.28 bits per heavy atom. The molecule has 0 amide bonds. The predicted octanol–water partition coefficient (Wildman–Crippen LogP) is 4.66. The molecule has 0 aliphatic carbocycles. The molecule has 0 aromatic heterocycles. The van der Waals surface area contributed by atoms with Crippen molar-refractivity contribution in [3.8, 4) is 0 Å². The first kappa shape index (κ1) is 16.2. The largest absolute Gasteiger partial charge is 0.313 e. The van der Waals surface area contributed by atoms with Crippen LogP contribution in [0.25, 0.3) is 0 Å². The number of hydrogen-bond donors (Lipinski definition) is 1. The summed E-state index contributed by atoms with van der Waals surface area (Å²) in [5.41, 5.74) is 1.17. The molecule has 0 bridgehead atoms. The minimum Gasteiger partial charge on any atom is -0.313 e. The molecule has 1 aromatic rings. The summed E-state index contributed by atoms with van der Waals surface area (Å²) < 4.78 is 0. The van der Waals surface area contributed by atoms with Gasteiger partial charge in [-0.3, -0.25) is 0 Å². The molecule has 0 saturated carbocycles. The van der Waals surface area contributed by atoms with Crippen LogP contribution in [0.1, 0.15) is 25.8 Å². The van der Waals surface area contributed by atoms with Gasteiger partial charge in [0.05, 0.1) is 0 Å². The predicted molar refractivity (Wildman–Crippen MR) is 85.2 cm³/mol. The van der Waals surface area contributed by atoms with Gasteiger partial charge in [0.25, 0.3) is 0 Å². The number of hydrogen-bond acceptors (Lipinski definition) is 2. The number of nitrogens with one attached hydrogen (secondary N) is 1. The molecule has 1 N–H and O–H groups in total. The lowest BCUT2D eigenvalue weighted by molar-refractivity contribution is 0.572. The number of thioether (sulfide) groups is 1. The molecule has 1 rings (SSSR count). The second kappa shape index (κ2) is 9.08. The van der Waals surface area contributed by atoms with Gasteiger partial charge in [0.15, 0.2) is 0 Å². The van der Waals surface area contributed by atoms with Crippen molar-refractivity contribution in [2.75, 3.05) is 18.1 Å². The summed E-state index contributed by atoms with van der Waals surface area (Å²) in [5, 5.41) is 4.99. The Hall–Kier alpha value is 0.110. The third kappa shape index (κ3) is 5.83. The lowest BCUT2D eigenvalue weighted by Crippen LogP contribution is -2.33. The van der Waals surface area contributed by atoms with Crippen LogP contribution in [-0.2, 0) is 6.42 Å². The highest BCUT2D eigenvalue weighted by atomic mass is 35.5. The Labute approximate surface area is 125 Å². The fraction of sp³-hybridized carbons (Fsp3) is 0.571. The molecule has 0 aliphatic heterocycles. The maximum absolute atomic E-state index is 6.22. The third-order valence-electron chi connectivity index (χ3n) is 2.64. The minimum absolute atomic E-state index is 0.477. The monoisotopic (exact) mass is 305 g/mol. The number of likely N-dealkylation sites (N-methyl/N-ethyl adjacent to an activating group) is 1. The van der Waals surface area contributed by atoms with Gasteiger partial charge in [-0.2, -0.15) is 11.8 Å². The second-order valence-corrected chi connectivity index (χ2v) is 6.26. The van der Waals surface area contributed by atoms with Gasteiger partial charge >= 0.3 is 0 Å². The van der Waals surface area contributed by atoms with E-state index in [1.807, 2.05) is 30.0 Å². The molecule has 1 nitrogen and oxygen atoms in total. The van der Waals surface area contributed by atoms with Crippen LogP contribution in [0.4, 0.5) is 0 Å². The highest BCUT2D eigenvalue weighted by Crippen LogP contribution is 2.22. The summed E-state index contributed by atoms with van der Waals surface area (Å²) in [4.78, 5) is 0. The van der Waals surface area contributed by atoms with E-state index >= 15 is 0 Å². The van der Waals surface area contributed by atoms with Crippen LogP contribution in [0.5, 0.6) is 0 Å².